The molecule has 0 unspecified atom stereocenters. The molecule has 0 saturated carbocycles. The van der Waals surface area contributed by atoms with Gasteiger partial charge in [0.2, 0.25) is 0 Å². The molecule has 2 rings (SSSR count). The molecule has 21 heavy (non-hydrogen) atoms. The second kappa shape index (κ2) is 7.56. The maximum absolute atomic E-state index is 14.1. The number of aliphatic hydroxyl groups excluding tert-OH is 1. The Kier molecular flexibility index (Phi) is 5.75. The average molecular weight is 290 g/mol. The van der Waals surface area contributed by atoms with E-state index >= 15 is 0 Å². The molecule has 0 atom stereocenters. The Morgan fingerprint density at radius 3 is 2.71 bits per heavy atom. The molecule has 1 fully saturated rings. The fourth-order valence-corrected chi connectivity index (χ4v) is 2.73. The summed E-state index contributed by atoms with van der Waals surface area (Å²) in [5.74, 6) is 5.03. The maximum atomic E-state index is 14.1. The molecule has 0 radical (unpaired) electrons. The number of benzene rings is 1. The van der Waals surface area contributed by atoms with E-state index in [1.54, 1.807) is 6.07 Å². The van der Waals surface area contributed by atoms with Gasteiger partial charge in [-0.15, -0.1) is 0 Å². The van der Waals surface area contributed by atoms with Gasteiger partial charge in [-0.25, -0.2) is 4.39 Å². The number of nitrogens with zero attached hydrogens (tertiary/aromatic N) is 2. The van der Waals surface area contributed by atoms with Crippen LogP contribution in [0.5, 0.6) is 0 Å². The molecule has 1 aliphatic rings. The van der Waals surface area contributed by atoms with E-state index in [9.17, 15) is 4.39 Å². The summed E-state index contributed by atoms with van der Waals surface area (Å²) in [6, 6.07) is 5.57. The lowest BCUT2D eigenvalue weighted by Gasteiger charge is -2.35. The fraction of sp³-hybridized carbons (Fsp3) is 0.529. The molecule has 0 amide bonds. The quantitative estimate of drug-likeness (QED) is 0.858. The van der Waals surface area contributed by atoms with Crippen LogP contribution < -0.4 is 0 Å². The summed E-state index contributed by atoms with van der Waals surface area (Å²) in [6.45, 7) is 2.62. The Bertz CT molecular complexity index is 527. The first-order valence-electron chi connectivity index (χ1n) is 7.37. The highest BCUT2D eigenvalue weighted by atomic mass is 19.1. The first-order chi connectivity index (χ1) is 10.1. The lowest BCUT2D eigenvalue weighted by atomic mass is 10.0. The predicted octanol–water partition coefficient (Wildman–Crippen LogP) is 1.70. The van der Waals surface area contributed by atoms with Crippen molar-refractivity contribution < 1.29 is 9.50 Å². The number of piperidine rings is 1. The van der Waals surface area contributed by atoms with Gasteiger partial charge in [0, 0.05) is 23.7 Å². The minimum Gasteiger partial charge on any atom is -0.384 e. The first kappa shape index (κ1) is 16.0. The van der Waals surface area contributed by atoms with Gasteiger partial charge >= 0.3 is 0 Å². The zero-order valence-electron chi connectivity index (χ0n) is 12.8. The zero-order chi connectivity index (χ0) is 15.2. The summed E-state index contributed by atoms with van der Waals surface area (Å²) in [5, 5.41) is 8.66. The number of halogens is 1. The number of hydrogen-bond acceptors (Lipinski definition) is 3. The molecular weight excluding hydrogens is 267 g/mol. The Hall–Kier alpha value is -1.41. The number of likely N-dealkylation sites (tertiary alicyclic amines) is 1. The summed E-state index contributed by atoms with van der Waals surface area (Å²) in [5.41, 5.74) is 1.30. The third-order valence-electron chi connectivity index (χ3n) is 4.10. The zero-order valence-corrected chi connectivity index (χ0v) is 12.8. The molecule has 1 N–H and O–H groups in total. The molecule has 0 bridgehead atoms. The van der Waals surface area contributed by atoms with Gasteiger partial charge in [0.1, 0.15) is 12.4 Å². The van der Waals surface area contributed by atoms with Crippen LogP contribution in [-0.4, -0.2) is 54.7 Å². The molecular formula is C17H23FN2O. The fourth-order valence-electron chi connectivity index (χ4n) is 2.73. The van der Waals surface area contributed by atoms with E-state index in [4.69, 9.17) is 5.11 Å². The van der Waals surface area contributed by atoms with Gasteiger partial charge in [-0.1, -0.05) is 17.9 Å². The Balaban J connectivity index is 1.99. The molecule has 3 nitrogen and oxygen atoms in total. The third kappa shape index (κ3) is 4.53. The first-order valence-corrected chi connectivity index (χ1v) is 7.37. The third-order valence-corrected chi connectivity index (χ3v) is 4.10. The smallest absolute Gasteiger partial charge is 0.128 e. The summed E-state index contributed by atoms with van der Waals surface area (Å²) >= 11 is 0. The van der Waals surface area contributed by atoms with Crippen molar-refractivity contribution in [3.05, 3.63) is 35.1 Å². The van der Waals surface area contributed by atoms with Crippen LogP contribution in [0, 0.1) is 17.7 Å². The molecule has 0 aliphatic carbocycles. The van der Waals surface area contributed by atoms with Crippen LogP contribution in [0.1, 0.15) is 24.0 Å². The minimum atomic E-state index is -0.223. The molecule has 0 spiro atoms. The molecule has 1 aromatic rings. The second-order valence-corrected chi connectivity index (χ2v) is 5.72. The van der Waals surface area contributed by atoms with Crippen LogP contribution in [0.3, 0.4) is 0 Å². The van der Waals surface area contributed by atoms with Gasteiger partial charge in [0.15, 0.2) is 0 Å². The van der Waals surface area contributed by atoms with Gasteiger partial charge in [0.25, 0.3) is 0 Å². The normalized spacial score (nSPS) is 16.8. The van der Waals surface area contributed by atoms with Gasteiger partial charge in [0.05, 0.1) is 0 Å². The number of rotatable bonds is 3. The van der Waals surface area contributed by atoms with Gasteiger partial charge in [-0.05, 0) is 52.2 Å². The van der Waals surface area contributed by atoms with E-state index in [-0.39, 0.29) is 12.4 Å². The maximum Gasteiger partial charge on any atom is 0.128 e. The van der Waals surface area contributed by atoms with E-state index < -0.39 is 0 Å². The lowest BCUT2D eigenvalue weighted by Crippen LogP contribution is -2.41. The Labute approximate surface area is 126 Å². The molecule has 1 saturated heterocycles. The topological polar surface area (TPSA) is 26.7 Å². The minimum absolute atomic E-state index is 0.206. The molecule has 1 heterocycles. The summed E-state index contributed by atoms with van der Waals surface area (Å²) < 4.78 is 14.1. The van der Waals surface area contributed by atoms with Crippen LogP contribution in [0.25, 0.3) is 0 Å². The number of aliphatic hydroxyl groups is 1. The molecule has 114 valence electrons. The van der Waals surface area contributed by atoms with Crippen molar-refractivity contribution in [1.29, 1.82) is 0 Å². The Morgan fingerprint density at radius 2 is 2.10 bits per heavy atom. The van der Waals surface area contributed by atoms with E-state index in [1.165, 1.54) is 6.07 Å². The number of hydrogen-bond donors (Lipinski definition) is 1. The van der Waals surface area contributed by atoms with Crippen LogP contribution in [0.15, 0.2) is 18.2 Å². The van der Waals surface area contributed by atoms with Crippen LogP contribution in [0.4, 0.5) is 4.39 Å². The van der Waals surface area contributed by atoms with E-state index in [0.29, 0.717) is 23.7 Å². The highest BCUT2D eigenvalue weighted by Gasteiger charge is 2.21. The average Bonchev–Trinajstić information content (AvgIpc) is 2.48. The van der Waals surface area contributed by atoms with E-state index in [1.807, 2.05) is 6.07 Å². The van der Waals surface area contributed by atoms with Crippen LogP contribution >= 0.6 is 0 Å². The van der Waals surface area contributed by atoms with Crippen molar-refractivity contribution >= 4 is 0 Å². The van der Waals surface area contributed by atoms with Crippen molar-refractivity contribution in [1.82, 2.24) is 9.80 Å². The predicted molar refractivity (Wildman–Crippen MR) is 82.3 cm³/mol. The van der Waals surface area contributed by atoms with Crippen LogP contribution in [0.2, 0.25) is 0 Å². The van der Waals surface area contributed by atoms with Gasteiger partial charge < -0.3 is 10.0 Å². The van der Waals surface area contributed by atoms with E-state index in [2.05, 4.69) is 35.7 Å². The van der Waals surface area contributed by atoms with E-state index in [0.717, 1.165) is 25.9 Å². The highest BCUT2D eigenvalue weighted by Crippen LogP contribution is 2.18. The van der Waals surface area contributed by atoms with Crippen molar-refractivity contribution in [2.24, 2.45) is 0 Å². The van der Waals surface area contributed by atoms with Gasteiger partial charge in [-0.3, -0.25) is 4.90 Å². The van der Waals surface area contributed by atoms with Crippen molar-refractivity contribution in [3.8, 4) is 11.8 Å². The Morgan fingerprint density at radius 1 is 1.38 bits per heavy atom. The molecule has 1 aromatic carbocycles. The van der Waals surface area contributed by atoms with Crippen molar-refractivity contribution in [3.63, 3.8) is 0 Å². The summed E-state index contributed by atoms with van der Waals surface area (Å²) in [6.07, 6.45) is 2.27. The molecule has 4 heteroatoms. The molecule has 0 aromatic heterocycles. The summed E-state index contributed by atoms with van der Waals surface area (Å²) in [4.78, 5) is 4.57. The SMILES string of the molecule is CN1CCC(N(C)Cc2ccc(C#CCO)cc2F)CC1. The van der Waals surface area contributed by atoms with Gasteiger partial charge in [-0.2, -0.15) is 0 Å². The van der Waals surface area contributed by atoms with Crippen LogP contribution in [-0.2, 0) is 6.54 Å². The largest absolute Gasteiger partial charge is 0.384 e. The summed E-state index contributed by atoms with van der Waals surface area (Å²) in [7, 11) is 4.21. The van der Waals surface area contributed by atoms with Crippen molar-refractivity contribution in [2.75, 3.05) is 33.8 Å². The lowest BCUT2D eigenvalue weighted by molar-refractivity contribution is 0.138. The van der Waals surface area contributed by atoms with Crippen molar-refractivity contribution in [2.45, 2.75) is 25.4 Å². The second-order valence-electron chi connectivity index (χ2n) is 5.72. The highest BCUT2D eigenvalue weighted by molar-refractivity contribution is 5.37. The monoisotopic (exact) mass is 290 g/mol. The standard InChI is InChI=1S/C17H23FN2O/c1-19-9-7-16(8-10-19)20(2)13-15-6-5-14(4-3-11-21)12-17(15)18/h5-6,12,16,21H,7-11,13H2,1-2H3. The molecule has 1 aliphatic heterocycles.